The number of phenolic OH excluding ortho intramolecular Hbond substituents is 1. The van der Waals surface area contributed by atoms with Crippen molar-refractivity contribution >= 4 is 22.9 Å². The molecule has 3 aromatic rings. The second-order valence-electron chi connectivity index (χ2n) is 8.43. The molecule has 0 aliphatic heterocycles. The summed E-state index contributed by atoms with van der Waals surface area (Å²) in [6.45, 7) is 4.63. The van der Waals surface area contributed by atoms with Crippen molar-refractivity contribution in [3.63, 3.8) is 0 Å². The molecule has 0 spiro atoms. The number of nitrogens with one attached hydrogen (secondary N) is 1. The smallest absolute Gasteiger partial charge is 0.338 e. The number of phenols is 1. The summed E-state index contributed by atoms with van der Waals surface area (Å²) in [7, 11) is 1.37. The van der Waals surface area contributed by atoms with Crippen LogP contribution in [0, 0.1) is 0 Å². The topological polar surface area (TPSA) is 129 Å². The summed E-state index contributed by atoms with van der Waals surface area (Å²) in [5.41, 5.74) is 3.11. The number of carbonyl (C=O) groups is 1. The third kappa shape index (κ3) is 7.77. The minimum Gasteiger partial charge on any atom is -0.506 e. The van der Waals surface area contributed by atoms with Crippen LogP contribution in [0.2, 0.25) is 0 Å². The van der Waals surface area contributed by atoms with E-state index >= 15 is 0 Å². The van der Waals surface area contributed by atoms with E-state index in [2.05, 4.69) is 5.32 Å². The number of aliphatic hydroxyl groups is 1. The number of benzene rings is 3. The van der Waals surface area contributed by atoms with Gasteiger partial charge in [0.05, 0.1) is 24.0 Å². The zero-order valence-electron chi connectivity index (χ0n) is 21.0. The largest absolute Gasteiger partial charge is 0.506 e. The average Bonchev–Trinajstić information content (AvgIpc) is 2.91. The summed E-state index contributed by atoms with van der Waals surface area (Å²) in [6, 6.07) is 19.2. The lowest BCUT2D eigenvalue weighted by molar-refractivity contribution is 0.0526. The van der Waals surface area contributed by atoms with Crippen molar-refractivity contribution in [3.05, 3.63) is 77.9 Å². The predicted octanol–water partition coefficient (Wildman–Crippen LogP) is 3.90. The maximum absolute atomic E-state index is 11.8. The van der Waals surface area contributed by atoms with Crippen LogP contribution < -0.4 is 14.4 Å². The molecule has 0 amide bonds. The lowest BCUT2D eigenvalue weighted by Crippen LogP contribution is -2.35. The molecule has 9 nitrogen and oxygen atoms in total. The molecular weight excluding hydrogens is 496 g/mol. The first kappa shape index (κ1) is 28.1. The van der Waals surface area contributed by atoms with Crippen molar-refractivity contribution in [2.75, 3.05) is 31.1 Å². The van der Waals surface area contributed by atoms with Gasteiger partial charge in [-0.15, -0.1) is 0 Å². The Kier molecular flexibility index (Phi) is 10.0. The van der Waals surface area contributed by atoms with Crippen molar-refractivity contribution in [3.8, 4) is 22.6 Å². The van der Waals surface area contributed by atoms with Crippen LogP contribution in [-0.2, 0) is 16.0 Å². The molecule has 198 valence electrons. The molecule has 0 radical (unpaired) electrons. The van der Waals surface area contributed by atoms with Crippen LogP contribution in [0.15, 0.2) is 66.7 Å². The van der Waals surface area contributed by atoms with Crippen molar-refractivity contribution in [2.45, 2.75) is 26.0 Å². The highest BCUT2D eigenvalue weighted by molar-refractivity contribution is 7.80. The van der Waals surface area contributed by atoms with Gasteiger partial charge in [0.15, 0.2) is 0 Å². The molecule has 0 aliphatic carbocycles. The van der Waals surface area contributed by atoms with Crippen molar-refractivity contribution in [1.29, 1.82) is 0 Å². The normalized spacial score (nSPS) is 13.4. The monoisotopic (exact) mass is 528 g/mol. The van der Waals surface area contributed by atoms with Crippen LogP contribution in [0.25, 0.3) is 11.1 Å². The average molecular weight is 529 g/mol. The Morgan fingerprint density at radius 2 is 1.68 bits per heavy atom. The summed E-state index contributed by atoms with van der Waals surface area (Å²) in [6.07, 6.45) is -0.892. The lowest BCUT2D eigenvalue weighted by Gasteiger charge is -2.20. The first-order valence-corrected chi connectivity index (χ1v) is 12.9. The van der Waals surface area contributed by atoms with Crippen LogP contribution in [0.4, 0.5) is 5.69 Å². The number of aromatic hydroxyl groups is 1. The van der Waals surface area contributed by atoms with E-state index in [0.717, 1.165) is 15.4 Å². The number of nitrogens with zero attached hydrogens (tertiary/aromatic N) is 1. The zero-order chi connectivity index (χ0) is 26.9. The summed E-state index contributed by atoms with van der Waals surface area (Å²) in [5, 5.41) is 23.7. The highest BCUT2D eigenvalue weighted by Crippen LogP contribution is 2.30. The van der Waals surface area contributed by atoms with E-state index < -0.39 is 17.4 Å². The Hall–Kier alpha value is -3.44. The van der Waals surface area contributed by atoms with E-state index in [9.17, 15) is 23.8 Å². The molecule has 10 heteroatoms. The number of ether oxygens (including phenoxy) is 2. The quantitative estimate of drug-likeness (QED) is 0.206. The number of esters is 1. The van der Waals surface area contributed by atoms with E-state index in [1.807, 2.05) is 43.3 Å². The van der Waals surface area contributed by atoms with Crippen molar-refractivity contribution in [1.82, 2.24) is 5.32 Å². The maximum Gasteiger partial charge on any atom is 0.338 e. The van der Waals surface area contributed by atoms with Gasteiger partial charge in [-0.2, -0.15) is 0 Å². The van der Waals surface area contributed by atoms with Gasteiger partial charge in [0.1, 0.15) is 18.1 Å². The molecule has 37 heavy (non-hydrogen) atoms. The second-order valence-corrected chi connectivity index (χ2v) is 9.44. The van der Waals surface area contributed by atoms with Gasteiger partial charge in [-0.25, -0.2) is 9.00 Å². The predicted molar refractivity (Wildman–Crippen MR) is 143 cm³/mol. The Labute approximate surface area is 219 Å². The third-order valence-electron chi connectivity index (χ3n) is 5.70. The molecular formula is C27H32N2O7S. The Morgan fingerprint density at radius 3 is 2.27 bits per heavy atom. The molecule has 3 aromatic carbocycles. The van der Waals surface area contributed by atoms with Crippen LogP contribution >= 0.6 is 0 Å². The highest BCUT2D eigenvalue weighted by atomic mass is 32.2. The van der Waals surface area contributed by atoms with E-state index in [0.29, 0.717) is 30.1 Å². The molecule has 0 aliphatic rings. The van der Waals surface area contributed by atoms with Crippen LogP contribution in [0.1, 0.15) is 35.9 Å². The van der Waals surface area contributed by atoms with Gasteiger partial charge in [0, 0.05) is 19.6 Å². The van der Waals surface area contributed by atoms with Crippen LogP contribution in [-0.4, -0.2) is 57.8 Å². The van der Waals surface area contributed by atoms with Crippen LogP contribution in [0.3, 0.4) is 0 Å². The highest BCUT2D eigenvalue weighted by Gasteiger charge is 2.16. The molecule has 0 bridgehead atoms. The van der Waals surface area contributed by atoms with Gasteiger partial charge >= 0.3 is 5.97 Å². The number of carbonyl (C=O) groups excluding carboxylic acids is 1. The zero-order valence-corrected chi connectivity index (χ0v) is 21.8. The van der Waals surface area contributed by atoms with E-state index in [4.69, 9.17) is 9.47 Å². The van der Waals surface area contributed by atoms with Crippen LogP contribution in [0.5, 0.6) is 11.5 Å². The summed E-state index contributed by atoms with van der Waals surface area (Å²) in [5.74, 6) is 0.201. The molecule has 4 N–H and O–H groups in total. The Morgan fingerprint density at radius 1 is 1.05 bits per heavy atom. The van der Waals surface area contributed by atoms with Gasteiger partial charge in [-0.3, -0.25) is 8.86 Å². The van der Waals surface area contributed by atoms with Crippen molar-refractivity contribution < 1.29 is 33.2 Å². The summed E-state index contributed by atoms with van der Waals surface area (Å²) in [4.78, 5) is 11.8. The van der Waals surface area contributed by atoms with Gasteiger partial charge in [-0.05, 0) is 66.9 Å². The Balaban J connectivity index is 1.50. The molecule has 0 saturated heterocycles. The maximum atomic E-state index is 11.8. The first-order chi connectivity index (χ1) is 17.7. The Bertz CT molecular complexity index is 1200. The van der Waals surface area contributed by atoms with Gasteiger partial charge < -0.3 is 25.0 Å². The molecule has 3 rings (SSSR count). The SMILES string of the molecule is CCOC(=O)c1ccc(-c2ccc(OCC(C)NCC(O)c3ccc(O)c(N(C)S(=O)O)c3)cc2)cc1. The lowest BCUT2D eigenvalue weighted by atomic mass is 10.0. The fraction of sp³-hybridized carbons (Fsp3) is 0.296. The first-order valence-electron chi connectivity index (χ1n) is 11.8. The van der Waals surface area contributed by atoms with E-state index in [-0.39, 0.29) is 30.0 Å². The van der Waals surface area contributed by atoms with Gasteiger partial charge in [-0.1, -0.05) is 30.3 Å². The molecule has 0 fully saturated rings. The molecule has 3 unspecified atom stereocenters. The van der Waals surface area contributed by atoms with E-state index in [1.54, 1.807) is 25.1 Å². The summed E-state index contributed by atoms with van der Waals surface area (Å²) >= 11 is -2.30. The standard InChI is InChI=1S/C27H32N2O7S/c1-4-35-27(32)21-7-5-19(6-8-21)20-9-12-23(13-10-20)36-17-18(2)28-16-26(31)22-11-14-25(30)24(15-22)29(3)37(33)34/h5-15,18,26,28,30-31H,4,16-17H2,1-3H3,(H,33,34). The minimum atomic E-state index is -2.30. The molecule has 0 aromatic heterocycles. The fourth-order valence-corrected chi connectivity index (χ4v) is 3.87. The molecule has 3 atom stereocenters. The number of aliphatic hydroxyl groups excluding tert-OH is 1. The molecule has 0 saturated carbocycles. The number of anilines is 1. The number of hydrogen-bond donors (Lipinski definition) is 4. The van der Waals surface area contributed by atoms with Gasteiger partial charge in [0.2, 0.25) is 0 Å². The number of hydrogen-bond acceptors (Lipinski definition) is 7. The van der Waals surface area contributed by atoms with Gasteiger partial charge in [0.25, 0.3) is 11.3 Å². The number of rotatable bonds is 12. The molecule has 0 heterocycles. The fourth-order valence-electron chi connectivity index (χ4n) is 3.55. The van der Waals surface area contributed by atoms with Crippen molar-refractivity contribution in [2.24, 2.45) is 0 Å². The van der Waals surface area contributed by atoms with E-state index in [1.165, 1.54) is 19.2 Å². The summed E-state index contributed by atoms with van der Waals surface area (Å²) < 4.78 is 32.4. The third-order valence-corrected chi connectivity index (χ3v) is 6.37. The minimum absolute atomic E-state index is 0.0750. The second kappa shape index (κ2) is 13.2.